The predicted molar refractivity (Wildman–Crippen MR) is 79.3 cm³/mol. The van der Waals surface area contributed by atoms with Crippen LogP contribution in [0.25, 0.3) is 0 Å². The molecule has 94 valence electrons. The van der Waals surface area contributed by atoms with Crippen LogP contribution in [-0.2, 0) is 6.42 Å². The third-order valence-electron chi connectivity index (χ3n) is 2.83. The van der Waals surface area contributed by atoms with Crippen LogP contribution < -0.4 is 11.3 Å². The maximum Gasteiger partial charge on any atom is 0.128 e. The molecule has 0 aliphatic carbocycles. The zero-order chi connectivity index (χ0) is 13.0. The molecule has 2 aromatic carbocycles. The molecule has 4 heteroatoms. The van der Waals surface area contributed by atoms with E-state index in [0.29, 0.717) is 12.0 Å². The Labute approximate surface area is 120 Å². The van der Waals surface area contributed by atoms with Crippen molar-refractivity contribution in [3.8, 4) is 0 Å². The van der Waals surface area contributed by atoms with Crippen LogP contribution in [0.5, 0.6) is 0 Å². The molecule has 2 nitrogen and oxygen atoms in total. The van der Waals surface area contributed by atoms with Gasteiger partial charge < -0.3 is 0 Å². The van der Waals surface area contributed by atoms with Gasteiger partial charge in [0.1, 0.15) is 5.82 Å². The Morgan fingerprint density at radius 1 is 1.11 bits per heavy atom. The lowest BCUT2D eigenvalue weighted by Crippen LogP contribution is -2.30. The molecule has 2 aromatic rings. The van der Waals surface area contributed by atoms with Crippen molar-refractivity contribution >= 4 is 22.6 Å². The minimum absolute atomic E-state index is 0.216. The number of hydrazine groups is 1. The largest absolute Gasteiger partial charge is 0.271 e. The van der Waals surface area contributed by atoms with Gasteiger partial charge in [0.05, 0.1) is 6.04 Å². The van der Waals surface area contributed by atoms with Crippen molar-refractivity contribution in [2.75, 3.05) is 0 Å². The van der Waals surface area contributed by atoms with E-state index in [2.05, 4.69) is 28.0 Å². The monoisotopic (exact) mass is 356 g/mol. The summed E-state index contributed by atoms with van der Waals surface area (Å²) < 4.78 is 14.9. The average molecular weight is 356 g/mol. The highest BCUT2D eigenvalue weighted by Gasteiger charge is 2.14. The highest BCUT2D eigenvalue weighted by Crippen LogP contribution is 2.20. The summed E-state index contributed by atoms with van der Waals surface area (Å²) in [6, 6.07) is 14.6. The van der Waals surface area contributed by atoms with Crippen molar-refractivity contribution in [1.82, 2.24) is 5.43 Å². The summed E-state index contributed by atoms with van der Waals surface area (Å²) >= 11 is 2.26. The maximum absolute atomic E-state index is 13.7. The Bertz CT molecular complexity index is 513. The quantitative estimate of drug-likeness (QED) is 0.502. The zero-order valence-electron chi connectivity index (χ0n) is 9.74. The molecule has 0 radical (unpaired) electrons. The van der Waals surface area contributed by atoms with Gasteiger partial charge in [-0.2, -0.15) is 0 Å². The van der Waals surface area contributed by atoms with Gasteiger partial charge in [-0.1, -0.05) is 30.3 Å². The summed E-state index contributed by atoms with van der Waals surface area (Å²) in [4.78, 5) is 0. The summed E-state index contributed by atoms with van der Waals surface area (Å²) in [5.41, 5.74) is 4.40. The van der Waals surface area contributed by atoms with Crippen LogP contribution in [0.15, 0.2) is 48.5 Å². The van der Waals surface area contributed by atoms with Crippen LogP contribution in [0.1, 0.15) is 17.2 Å². The van der Waals surface area contributed by atoms with Crippen molar-refractivity contribution in [2.45, 2.75) is 12.5 Å². The standard InChI is InChI=1S/C14H14FIN2/c15-13-4-2-1-3-12(13)14(18-17)9-10-5-7-11(16)8-6-10/h1-8,14,18H,9,17H2. The smallest absolute Gasteiger partial charge is 0.128 e. The van der Waals surface area contributed by atoms with Crippen molar-refractivity contribution in [3.05, 3.63) is 69.0 Å². The summed E-state index contributed by atoms with van der Waals surface area (Å²) in [6.07, 6.45) is 0.661. The lowest BCUT2D eigenvalue weighted by atomic mass is 9.99. The molecule has 0 aliphatic rings. The van der Waals surface area contributed by atoms with E-state index in [-0.39, 0.29) is 11.9 Å². The predicted octanol–water partition coefficient (Wildman–Crippen LogP) is 3.18. The number of nitrogens with two attached hydrogens (primary N) is 1. The molecule has 0 aliphatic heterocycles. The number of halogens is 2. The fourth-order valence-corrected chi connectivity index (χ4v) is 2.23. The Morgan fingerprint density at radius 2 is 1.78 bits per heavy atom. The molecule has 0 spiro atoms. The Hall–Kier alpha value is -0.980. The van der Waals surface area contributed by atoms with Crippen molar-refractivity contribution < 1.29 is 4.39 Å². The topological polar surface area (TPSA) is 38.0 Å². The van der Waals surface area contributed by atoms with Gasteiger partial charge in [0.15, 0.2) is 0 Å². The Kier molecular flexibility index (Phi) is 4.68. The van der Waals surface area contributed by atoms with Crippen molar-refractivity contribution in [1.29, 1.82) is 0 Å². The van der Waals surface area contributed by atoms with E-state index in [9.17, 15) is 4.39 Å². The fraction of sp³-hybridized carbons (Fsp3) is 0.143. The van der Waals surface area contributed by atoms with E-state index in [1.807, 2.05) is 30.3 Å². The molecular weight excluding hydrogens is 342 g/mol. The second kappa shape index (κ2) is 6.26. The van der Waals surface area contributed by atoms with Gasteiger partial charge in [0.2, 0.25) is 0 Å². The molecule has 0 amide bonds. The van der Waals surface area contributed by atoms with Gasteiger partial charge in [-0.15, -0.1) is 0 Å². The van der Waals surface area contributed by atoms with Gasteiger partial charge in [0.25, 0.3) is 0 Å². The van der Waals surface area contributed by atoms with Crippen molar-refractivity contribution in [2.24, 2.45) is 5.84 Å². The maximum atomic E-state index is 13.7. The molecule has 18 heavy (non-hydrogen) atoms. The first-order chi connectivity index (χ1) is 8.70. The SMILES string of the molecule is NNC(Cc1ccc(I)cc1)c1ccccc1F. The third kappa shape index (κ3) is 3.28. The van der Waals surface area contributed by atoms with Crippen LogP contribution in [0.2, 0.25) is 0 Å². The lowest BCUT2D eigenvalue weighted by Gasteiger charge is -2.17. The first-order valence-corrected chi connectivity index (χ1v) is 6.73. The van der Waals surface area contributed by atoms with Crippen LogP contribution in [0.3, 0.4) is 0 Å². The second-order valence-corrected chi connectivity index (χ2v) is 5.32. The van der Waals surface area contributed by atoms with Crippen LogP contribution >= 0.6 is 22.6 Å². The van der Waals surface area contributed by atoms with Crippen molar-refractivity contribution in [3.63, 3.8) is 0 Å². The van der Waals surface area contributed by atoms with Gasteiger partial charge >= 0.3 is 0 Å². The first-order valence-electron chi connectivity index (χ1n) is 5.65. The molecule has 0 saturated carbocycles. The van der Waals surface area contributed by atoms with Crippen LogP contribution in [0, 0.1) is 9.39 Å². The van der Waals surface area contributed by atoms with E-state index in [1.165, 1.54) is 9.64 Å². The average Bonchev–Trinajstić information content (AvgIpc) is 2.39. The molecule has 1 unspecified atom stereocenters. The molecule has 1 atom stereocenters. The zero-order valence-corrected chi connectivity index (χ0v) is 11.9. The van der Waals surface area contributed by atoms with Crippen LogP contribution in [0.4, 0.5) is 4.39 Å². The van der Waals surface area contributed by atoms with Gasteiger partial charge in [0, 0.05) is 9.13 Å². The van der Waals surface area contributed by atoms with E-state index in [0.717, 1.165) is 5.56 Å². The molecule has 0 fully saturated rings. The highest BCUT2D eigenvalue weighted by molar-refractivity contribution is 14.1. The van der Waals surface area contributed by atoms with Gasteiger partial charge in [-0.3, -0.25) is 11.3 Å². The molecule has 3 N–H and O–H groups in total. The summed E-state index contributed by atoms with van der Waals surface area (Å²) in [5.74, 6) is 5.30. The molecular formula is C14H14FIN2. The summed E-state index contributed by atoms with van der Waals surface area (Å²) in [6.45, 7) is 0. The first kappa shape index (κ1) is 13.5. The Balaban J connectivity index is 2.20. The van der Waals surface area contributed by atoms with Gasteiger partial charge in [-0.05, 0) is 52.8 Å². The number of hydrogen-bond donors (Lipinski definition) is 2. The molecule has 0 bridgehead atoms. The minimum atomic E-state index is -0.231. The Morgan fingerprint density at radius 3 is 2.39 bits per heavy atom. The fourth-order valence-electron chi connectivity index (χ4n) is 1.87. The molecule has 2 rings (SSSR count). The lowest BCUT2D eigenvalue weighted by molar-refractivity contribution is 0.510. The number of hydrogen-bond acceptors (Lipinski definition) is 2. The van der Waals surface area contributed by atoms with Crippen LogP contribution in [-0.4, -0.2) is 0 Å². The van der Waals surface area contributed by atoms with E-state index in [4.69, 9.17) is 5.84 Å². The number of benzene rings is 2. The van der Waals surface area contributed by atoms with E-state index in [1.54, 1.807) is 12.1 Å². The highest BCUT2D eigenvalue weighted by atomic mass is 127. The van der Waals surface area contributed by atoms with E-state index >= 15 is 0 Å². The number of nitrogens with one attached hydrogen (secondary N) is 1. The normalized spacial score (nSPS) is 12.4. The molecule has 0 aromatic heterocycles. The molecule has 0 heterocycles. The van der Waals surface area contributed by atoms with Gasteiger partial charge in [-0.25, -0.2) is 4.39 Å². The summed E-state index contributed by atoms with van der Waals surface area (Å²) in [7, 11) is 0. The minimum Gasteiger partial charge on any atom is -0.271 e. The summed E-state index contributed by atoms with van der Waals surface area (Å²) in [5, 5.41) is 0. The number of rotatable bonds is 4. The second-order valence-electron chi connectivity index (χ2n) is 4.07. The molecule has 0 saturated heterocycles. The van der Waals surface area contributed by atoms with E-state index < -0.39 is 0 Å². The third-order valence-corrected chi connectivity index (χ3v) is 3.55.